The average Bonchev–Trinajstić information content (AvgIpc) is 2.30. The first-order valence-corrected chi connectivity index (χ1v) is 6.49. The Hall–Kier alpha value is -1.28. The quantitative estimate of drug-likeness (QED) is 0.882. The van der Waals surface area contributed by atoms with Gasteiger partial charge in [-0.25, -0.2) is 0 Å². The number of rotatable bonds is 3. The number of nitrogens with one attached hydrogen (secondary N) is 1. The summed E-state index contributed by atoms with van der Waals surface area (Å²) in [4.78, 5) is 4.33. The molecule has 1 aromatic heterocycles. The smallest absolute Gasteiger partial charge is 0.0908 e. The van der Waals surface area contributed by atoms with Crippen LogP contribution in [-0.4, -0.2) is 11.5 Å². The molecule has 0 unspecified atom stereocenters. The molecule has 0 atom stereocenters. The van der Waals surface area contributed by atoms with Crippen LogP contribution in [0.5, 0.6) is 0 Å². The number of pyridine rings is 1. The highest BCUT2D eigenvalue weighted by molar-refractivity contribution is 6.35. The van der Waals surface area contributed by atoms with Crippen LogP contribution >= 0.6 is 11.6 Å². The minimum Gasteiger partial charge on any atom is -0.384 e. The van der Waals surface area contributed by atoms with Gasteiger partial charge in [0.2, 0.25) is 0 Å². The molecule has 2 nitrogen and oxygen atoms in total. The van der Waals surface area contributed by atoms with Gasteiger partial charge >= 0.3 is 0 Å². The molecular formula is C14H15ClN2. The van der Waals surface area contributed by atoms with E-state index in [2.05, 4.69) is 16.4 Å². The van der Waals surface area contributed by atoms with Gasteiger partial charge in [0.15, 0.2) is 0 Å². The van der Waals surface area contributed by atoms with E-state index in [0.29, 0.717) is 0 Å². The van der Waals surface area contributed by atoms with Crippen molar-refractivity contribution in [3.05, 3.63) is 35.5 Å². The molecule has 0 bridgehead atoms. The summed E-state index contributed by atoms with van der Waals surface area (Å²) in [6, 6.07) is 7.98. The minimum atomic E-state index is 0.717. The molecule has 1 heterocycles. The summed E-state index contributed by atoms with van der Waals surface area (Å²) in [5.41, 5.74) is 2.03. The molecule has 0 aliphatic heterocycles. The number of aromatic nitrogens is 1. The lowest BCUT2D eigenvalue weighted by Gasteiger charge is -2.26. The fourth-order valence-electron chi connectivity index (χ4n) is 2.24. The highest BCUT2D eigenvalue weighted by Crippen LogP contribution is 2.30. The molecule has 1 aromatic carbocycles. The van der Waals surface area contributed by atoms with Crippen molar-refractivity contribution in [3.8, 4) is 0 Å². The molecule has 17 heavy (non-hydrogen) atoms. The van der Waals surface area contributed by atoms with E-state index in [0.717, 1.165) is 34.1 Å². The van der Waals surface area contributed by atoms with Crippen LogP contribution in [0.1, 0.15) is 19.3 Å². The van der Waals surface area contributed by atoms with Crippen molar-refractivity contribution < 1.29 is 0 Å². The van der Waals surface area contributed by atoms with E-state index >= 15 is 0 Å². The first-order chi connectivity index (χ1) is 8.34. The molecule has 0 radical (unpaired) electrons. The lowest BCUT2D eigenvalue weighted by atomic mass is 9.85. The van der Waals surface area contributed by atoms with Gasteiger partial charge in [0.05, 0.1) is 10.5 Å². The fourth-order valence-corrected chi connectivity index (χ4v) is 2.46. The highest BCUT2D eigenvalue weighted by Gasteiger charge is 2.17. The van der Waals surface area contributed by atoms with Crippen LogP contribution in [0.3, 0.4) is 0 Å². The van der Waals surface area contributed by atoms with Crippen molar-refractivity contribution in [2.75, 3.05) is 11.9 Å². The zero-order valence-corrected chi connectivity index (χ0v) is 10.4. The molecule has 88 valence electrons. The average molecular weight is 247 g/mol. The van der Waals surface area contributed by atoms with Crippen LogP contribution in [0.25, 0.3) is 10.9 Å². The summed E-state index contributed by atoms with van der Waals surface area (Å²) in [6.07, 6.45) is 5.88. The van der Waals surface area contributed by atoms with E-state index < -0.39 is 0 Å². The lowest BCUT2D eigenvalue weighted by Crippen LogP contribution is -2.20. The molecule has 3 heteroatoms. The van der Waals surface area contributed by atoms with Gasteiger partial charge < -0.3 is 5.32 Å². The van der Waals surface area contributed by atoms with Crippen molar-refractivity contribution in [2.24, 2.45) is 5.92 Å². The first-order valence-electron chi connectivity index (χ1n) is 6.12. The third-order valence-electron chi connectivity index (χ3n) is 3.53. The van der Waals surface area contributed by atoms with Crippen LogP contribution in [-0.2, 0) is 0 Å². The summed E-state index contributed by atoms with van der Waals surface area (Å²) >= 11 is 6.14. The van der Waals surface area contributed by atoms with Crippen molar-refractivity contribution in [1.82, 2.24) is 4.98 Å². The van der Waals surface area contributed by atoms with E-state index in [1.54, 1.807) is 6.20 Å². The molecule has 2 aromatic rings. The largest absolute Gasteiger partial charge is 0.384 e. The van der Waals surface area contributed by atoms with Gasteiger partial charge in [-0.1, -0.05) is 18.0 Å². The van der Waals surface area contributed by atoms with Crippen LogP contribution in [0.2, 0.25) is 5.02 Å². The third kappa shape index (κ3) is 2.09. The van der Waals surface area contributed by atoms with Gasteiger partial charge in [0.25, 0.3) is 0 Å². The predicted octanol–water partition coefficient (Wildman–Crippen LogP) is 4.10. The normalized spacial score (nSPS) is 15.8. The Morgan fingerprint density at radius 1 is 1.29 bits per heavy atom. The summed E-state index contributed by atoms with van der Waals surface area (Å²) in [7, 11) is 0. The second-order valence-corrected chi connectivity index (χ2v) is 5.08. The summed E-state index contributed by atoms with van der Waals surface area (Å²) < 4.78 is 0. The number of hydrogen-bond acceptors (Lipinski definition) is 2. The van der Waals surface area contributed by atoms with E-state index in [1.165, 1.54) is 19.3 Å². The van der Waals surface area contributed by atoms with Gasteiger partial charge in [-0.3, -0.25) is 4.98 Å². The molecule has 1 N–H and O–H groups in total. The zero-order chi connectivity index (χ0) is 11.7. The number of anilines is 1. The molecular weight excluding hydrogens is 232 g/mol. The van der Waals surface area contributed by atoms with E-state index in [4.69, 9.17) is 11.6 Å². The molecule has 3 rings (SSSR count). The van der Waals surface area contributed by atoms with Crippen LogP contribution < -0.4 is 5.32 Å². The summed E-state index contributed by atoms with van der Waals surface area (Å²) in [5, 5.41) is 5.35. The van der Waals surface area contributed by atoms with Crippen molar-refractivity contribution in [2.45, 2.75) is 19.3 Å². The molecule has 1 saturated carbocycles. The molecule has 0 amide bonds. The molecule has 1 aliphatic carbocycles. The Morgan fingerprint density at radius 2 is 2.18 bits per heavy atom. The SMILES string of the molecule is Clc1ccc(NCC2CCC2)c2cccnc12. The Labute approximate surface area is 106 Å². The fraction of sp³-hybridized carbons (Fsp3) is 0.357. The Bertz CT molecular complexity index is 535. The standard InChI is InChI=1S/C14H15ClN2/c15-12-6-7-13(17-9-10-3-1-4-10)11-5-2-8-16-14(11)12/h2,5-8,10,17H,1,3-4,9H2. The molecule has 0 saturated heterocycles. The second kappa shape index (κ2) is 4.53. The Kier molecular flexibility index (Phi) is 2.89. The number of benzene rings is 1. The Morgan fingerprint density at radius 3 is 2.94 bits per heavy atom. The molecule has 1 fully saturated rings. The number of halogens is 1. The maximum atomic E-state index is 6.14. The van der Waals surface area contributed by atoms with Gasteiger partial charge in [-0.05, 0) is 43.0 Å². The zero-order valence-electron chi connectivity index (χ0n) is 9.62. The maximum Gasteiger partial charge on any atom is 0.0908 e. The topological polar surface area (TPSA) is 24.9 Å². The molecule has 0 spiro atoms. The van der Waals surface area contributed by atoms with Crippen molar-refractivity contribution in [3.63, 3.8) is 0 Å². The van der Waals surface area contributed by atoms with Gasteiger partial charge in [0.1, 0.15) is 0 Å². The van der Waals surface area contributed by atoms with E-state index in [1.807, 2.05) is 18.2 Å². The third-order valence-corrected chi connectivity index (χ3v) is 3.83. The maximum absolute atomic E-state index is 6.14. The second-order valence-electron chi connectivity index (χ2n) is 4.67. The van der Waals surface area contributed by atoms with Crippen LogP contribution in [0, 0.1) is 5.92 Å². The predicted molar refractivity (Wildman–Crippen MR) is 72.6 cm³/mol. The van der Waals surface area contributed by atoms with Gasteiger partial charge in [0, 0.05) is 23.8 Å². The number of hydrogen-bond donors (Lipinski definition) is 1. The van der Waals surface area contributed by atoms with Crippen LogP contribution in [0.15, 0.2) is 30.5 Å². The number of nitrogens with zero attached hydrogens (tertiary/aromatic N) is 1. The summed E-state index contributed by atoms with van der Waals surface area (Å²) in [5.74, 6) is 0.845. The minimum absolute atomic E-state index is 0.717. The first kappa shape index (κ1) is 10.8. The highest BCUT2D eigenvalue weighted by atomic mass is 35.5. The van der Waals surface area contributed by atoms with Gasteiger partial charge in [-0.2, -0.15) is 0 Å². The van der Waals surface area contributed by atoms with E-state index in [9.17, 15) is 0 Å². The van der Waals surface area contributed by atoms with Gasteiger partial charge in [-0.15, -0.1) is 0 Å². The van der Waals surface area contributed by atoms with E-state index in [-0.39, 0.29) is 0 Å². The number of fused-ring (bicyclic) bond motifs is 1. The lowest BCUT2D eigenvalue weighted by molar-refractivity contribution is 0.333. The molecule has 1 aliphatic rings. The van der Waals surface area contributed by atoms with Crippen LogP contribution in [0.4, 0.5) is 5.69 Å². The van der Waals surface area contributed by atoms with Crippen molar-refractivity contribution >= 4 is 28.2 Å². The van der Waals surface area contributed by atoms with Crippen molar-refractivity contribution in [1.29, 1.82) is 0 Å². The monoisotopic (exact) mass is 246 g/mol. The summed E-state index contributed by atoms with van der Waals surface area (Å²) in [6.45, 7) is 1.06. The Balaban J connectivity index is 1.90.